The molecule has 0 aromatic heterocycles. The zero-order valence-electron chi connectivity index (χ0n) is 19.0. The number of benzene rings is 3. The molecule has 0 aliphatic carbocycles. The molecule has 0 fully saturated rings. The number of nitrogens with zero attached hydrogens (tertiary/aromatic N) is 3. The summed E-state index contributed by atoms with van der Waals surface area (Å²) >= 11 is 0. The maximum atomic E-state index is 12.9. The molecular formula is C27H24N4O3. The molecule has 7 heteroatoms. The van der Waals surface area contributed by atoms with Crippen LogP contribution < -0.4 is 19.9 Å². The molecule has 0 saturated carbocycles. The lowest BCUT2D eigenvalue weighted by molar-refractivity contribution is -0.120. The second-order valence-corrected chi connectivity index (χ2v) is 7.80. The predicted molar refractivity (Wildman–Crippen MR) is 132 cm³/mol. The number of amides is 1. The lowest BCUT2D eigenvalue weighted by Gasteiger charge is -2.20. The number of Topliss-reactive ketones (excluding diaryl/α,β-unsaturated/α-hetero) is 1. The summed E-state index contributed by atoms with van der Waals surface area (Å²) in [4.78, 5) is 29.2. The molecular weight excluding hydrogens is 428 g/mol. The highest BCUT2D eigenvalue weighted by molar-refractivity contribution is 6.04. The summed E-state index contributed by atoms with van der Waals surface area (Å²) in [6.45, 7) is 0. The van der Waals surface area contributed by atoms with Gasteiger partial charge in [0.25, 0.3) is 0 Å². The normalized spacial score (nSPS) is 12.1. The van der Waals surface area contributed by atoms with Gasteiger partial charge in [-0.3, -0.25) is 9.59 Å². The number of nitrogens with one attached hydrogen (secondary N) is 1. The Morgan fingerprint density at radius 2 is 1.44 bits per heavy atom. The van der Waals surface area contributed by atoms with Crippen molar-refractivity contribution in [1.29, 1.82) is 5.26 Å². The molecule has 4 rings (SSSR count). The number of hydrogen-bond acceptors (Lipinski definition) is 6. The molecule has 0 spiro atoms. The first-order valence-electron chi connectivity index (χ1n) is 10.9. The number of ether oxygens (including phenoxy) is 1. The van der Waals surface area contributed by atoms with E-state index < -0.39 is 0 Å². The number of carbonyl (C=O) groups is 2. The van der Waals surface area contributed by atoms with Crippen molar-refractivity contribution in [2.45, 2.75) is 12.8 Å². The molecule has 0 bridgehead atoms. The van der Waals surface area contributed by atoms with E-state index >= 15 is 0 Å². The summed E-state index contributed by atoms with van der Waals surface area (Å²) in [7, 11) is 3.64. The van der Waals surface area contributed by atoms with E-state index in [1.807, 2.05) is 90.6 Å². The van der Waals surface area contributed by atoms with Gasteiger partial charge in [-0.05, 0) is 36.4 Å². The summed E-state index contributed by atoms with van der Waals surface area (Å²) in [6, 6.07) is 26.1. The van der Waals surface area contributed by atoms with Crippen LogP contribution in [0.25, 0.3) is 0 Å². The van der Waals surface area contributed by atoms with Gasteiger partial charge in [0, 0.05) is 26.9 Å². The topological polar surface area (TPSA) is 85.7 Å². The lowest BCUT2D eigenvalue weighted by Crippen LogP contribution is -2.26. The Kier molecular flexibility index (Phi) is 6.60. The number of fused-ring (bicyclic) bond motifs is 1. The van der Waals surface area contributed by atoms with Crippen LogP contribution in [-0.4, -0.2) is 25.8 Å². The fourth-order valence-corrected chi connectivity index (χ4v) is 3.90. The molecule has 0 unspecified atom stereocenters. The van der Waals surface area contributed by atoms with Gasteiger partial charge in [0.1, 0.15) is 23.2 Å². The Morgan fingerprint density at radius 3 is 2.09 bits per heavy atom. The average Bonchev–Trinajstić information content (AvgIpc) is 3.11. The zero-order chi connectivity index (χ0) is 24.1. The van der Waals surface area contributed by atoms with Crippen molar-refractivity contribution in [1.82, 2.24) is 0 Å². The van der Waals surface area contributed by atoms with Crippen molar-refractivity contribution in [3.8, 4) is 17.6 Å². The third-order valence-electron chi connectivity index (χ3n) is 5.57. The first kappa shape index (κ1) is 22.6. The number of rotatable bonds is 7. The summed E-state index contributed by atoms with van der Waals surface area (Å²) in [5.74, 6) is 0.940. The van der Waals surface area contributed by atoms with Crippen LogP contribution in [0.4, 0.5) is 17.1 Å². The van der Waals surface area contributed by atoms with Crippen molar-refractivity contribution in [3.05, 3.63) is 90.3 Å². The predicted octanol–water partition coefficient (Wildman–Crippen LogP) is 5.09. The SMILES string of the molecule is CN1C(=C(C#N)C(=O)CCC(=O)Nc2ccccc2Oc2ccccc2)N(C)c2ccccc21. The van der Waals surface area contributed by atoms with E-state index in [4.69, 9.17) is 4.74 Å². The van der Waals surface area contributed by atoms with Crippen molar-refractivity contribution >= 4 is 28.8 Å². The number of nitriles is 1. The van der Waals surface area contributed by atoms with Gasteiger partial charge >= 0.3 is 0 Å². The van der Waals surface area contributed by atoms with Gasteiger partial charge in [0.15, 0.2) is 11.5 Å². The minimum absolute atomic E-state index is 0.0295. The van der Waals surface area contributed by atoms with Crippen LogP contribution in [0.3, 0.4) is 0 Å². The van der Waals surface area contributed by atoms with E-state index in [-0.39, 0.29) is 30.1 Å². The number of ketones is 1. The minimum atomic E-state index is -0.382. The van der Waals surface area contributed by atoms with Gasteiger partial charge in [0.05, 0.1) is 17.1 Å². The molecule has 34 heavy (non-hydrogen) atoms. The molecule has 1 heterocycles. The molecule has 7 nitrogen and oxygen atoms in total. The Balaban J connectivity index is 1.43. The molecule has 0 atom stereocenters. The standard InChI is InChI=1S/C27H24N4O3/c1-30-22-13-7-8-14-23(22)31(2)27(30)20(18-28)24(32)16-17-26(33)29-21-12-6-9-15-25(21)34-19-10-4-3-5-11-19/h3-15H,16-17H2,1-2H3,(H,29,33). The van der Waals surface area contributed by atoms with Gasteiger partial charge < -0.3 is 19.9 Å². The maximum Gasteiger partial charge on any atom is 0.224 e. The maximum absolute atomic E-state index is 12.9. The second kappa shape index (κ2) is 9.92. The highest BCUT2D eigenvalue weighted by Crippen LogP contribution is 2.40. The largest absolute Gasteiger partial charge is 0.455 e. The molecule has 170 valence electrons. The number of allylic oxidation sites excluding steroid dienone is 1. The van der Waals surface area contributed by atoms with Gasteiger partial charge in [0.2, 0.25) is 5.91 Å². The second-order valence-electron chi connectivity index (χ2n) is 7.80. The van der Waals surface area contributed by atoms with E-state index in [1.165, 1.54) is 0 Å². The monoisotopic (exact) mass is 452 g/mol. The van der Waals surface area contributed by atoms with Gasteiger partial charge in [-0.25, -0.2) is 0 Å². The van der Waals surface area contributed by atoms with Crippen LogP contribution in [0.5, 0.6) is 11.5 Å². The number of anilines is 3. The fraction of sp³-hybridized carbons (Fsp3) is 0.148. The smallest absolute Gasteiger partial charge is 0.224 e. The van der Waals surface area contributed by atoms with Crippen molar-refractivity contribution in [2.75, 3.05) is 29.2 Å². The van der Waals surface area contributed by atoms with Crippen molar-refractivity contribution < 1.29 is 14.3 Å². The third-order valence-corrected chi connectivity index (χ3v) is 5.57. The number of hydrogen-bond donors (Lipinski definition) is 1. The Labute approximate surface area is 198 Å². The van der Waals surface area contributed by atoms with E-state index in [1.54, 1.807) is 18.2 Å². The quantitative estimate of drug-likeness (QED) is 0.397. The Bertz CT molecular complexity index is 1260. The van der Waals surface area contributed by atoms with Crippen molar-refractivity contribution in [3.63, 3.8) is 0 Å². The van der Waals surface area contributed by atoms with Crippen LogP contribution >= 0.6 is 0 Å². The summed E-state index contributed by atoms with van der Waals surface area (Å²) in [5, 5.41) is 12.6. The average molecular weight is 453 g/mol. The molecule has 0 saturated heterocycles. The first-order chi connectivity index (χ1) is 16.5. The summed E-state index contributed by atoms with van der Waals surface area (Å²) < 4.78 is 5.87. The third kappa shape index (κ3) is 4.62. The number of para-hydroxylation sites is 5. The van der Waals surface area contributed by atoms with E-state index in [0.29, 0.717) is 23.0 Å². The van der Waals surface area contributed by atoms with Crippen LogP contribution in [0, 0.1) is 11.3 Å². The van der Waals surface area contributed by atoms with Crippen LogP contribution in [0.2, 0.25) is 0 Å². The van der Waals surface area contributed by atoms with Gasteiger partial charge in [-0.15, -0.1) is 0 Å². The molecule has 3 aromatic carbocycles. The molecule has 1 aliphatic heterocycles. The minimum Gasteiger partial charge on any atom is -0.455 e. The van der Waals surface area contributed by atoms with Crippen LogP contribution in [0.1, 0.15) is 12.8 Å². The van der Waals surface area contributed by atoms with Crippen LogP contribution in [0.15, 0.2) is 90.3 Å². The molecule has 3 aromatic rings. The van der Waals surface area contributed by atoms with E-state index in [9.17, 15) is 14.9 Å². The highest BCUT2D eigenvalue weighted by atomic mass is 16.5. The van der Waals surface area contributed by atoms with Crippen LogP contribution in [-0.2, 0) is 9.59 Å². The molecule has 1 aliphatic rings. The highest BCUT2D eigenvalue weighted by Gasteiger charge is 2.31. The summed E-state index contributed by atoms with van der Waals surface area (Å²) in [5.41, 5.74) is 2.36. The van der Waals surface area contributed by atoms with Gasteiger partial charge in [-0.2, -0.15) is 5.26 Å². The number of carbonyl (C=O) groups excluding carboxylic acids is 2. The molecule has 1 N–H and O–H groups in total. The van der Waals surface area contributed by atoms with Crippen molar-refractivity contribution in [2.24, 2.45) is 0 Å². The molecule has 0 radical (unpaired) electrons. The summed E-state index contributed by atoms with van der Waals surface area (Å²) in [6.07, 6.45) is -0.144. The van der Waals surface area contributed by atoms with Gasteiger partial charge in [-0.1, -0.05) is 42.5 Å². The Morgan fingerprint density at radius 1 is 0.853 bits per heavy atom. The van der Waals surface area contributed by atoms with E-state index in [2.05, 4.69) is 5.32 Å². The van der Waals surface area contributed by atoms with E-state index in [0.717, 1.165) is 11.4 Å². The Hall–Kier alpha value is -4.57. The lowest BCUT2D eigenvalue weighted by atomic mass is 10.1. The first-order valence-corrected chi connectivity index (χ1v) is 10.9. The fourth-order valence-electron chi connectivity index (χ4n) is 3.90. The zero-order valence-corrected chi connectivity index (χ0v) is 19.0. The molecule has 1 amide bonds.